The summed E-state index contributed by atoms with van der Waals surface area (Å²) in [4.78, 5) is 12.0. The van der Waals surface area contributed by atoms with Crippen molar-refractivity contribution in [2.75, 3.05) is 0 Å². The van der Waals surface area contributed by atoms with E-state index in [1.165, 1.54) is 44.9 Å². The molecule has 0 fully saturated rings. The van der Waals surface area contributed by atoms with Gasteiger partial charge in [-0.05, 0) is 31.4 Å². The van der Waals surface area contributed by atoms with Gasteiger partial charge < -0.3 is 5.11 Å². The van der Waals surface area contributed by atoms with Gasteiger partial charge in [0.25, 0.3) is 0 Å². The monoisotopic (exact) mass is 356 g/mol. The highest BCUT2D eigenvalue weighted by molar-refractivity contribution is 5.98. The first-order valence-electron chi connectivity index (χ1n) is 10.5. The first-order chi connectivity index (χ1) is 12.8. The van der Waals surface area contributed by atoms with Crippen molar-refractivity contribution in [3.63, 3.8) is 0 Å². The number of Topliss-reactive ketones (excluding diaryl/α,β-unsaturated/α-hetero) is 1. The molecule has 0 heterocycles. The van der Waals surface area contributed by atoms with Crippen LogP contribution in [0.4, 0.5) is 0 Å². The first kappa shape index (κ1) is 22.3. The number of para-hydroxylation sites is 1. The van der Waals surface area contributed by atoms with E-state index in [0.717, 1.165) is 38.5 Å². The summed E-state index contributed by atoms with van der Waals surface area (Å²) in [6, 6.07) is 6.80. The van der Waals surface area contributed by atoms with Gasteiger partial charge in [-0.2, -0.15) is 0 Å². The molecule has 0 atom stereocenters. The van der Waals surface area contributed by atoms with E-state index in [0.29, 0.717) is 12.0 Å². The Hall–Kier alpha value is -1.75. The Labute approximate surface area is 160 Å². The minimum Gasteiger partial charge on any atom is -0.507 e. The number of carbonyl (C=O) groups excluding carboxylic acids is 1. The van der Waals surface area contributed by atoms with Gasteiger partial charge in [-0.3, -0.25) is 4.79 Å². The second kappa shape index (κ2) is 15.5. The van der Waals surface area contributed by atoms with Crippen molar-refractivity contribution < 1.29 is 9.90 Å². The molecule has 1 rings (SSSR count). The quantitative estimate of drug-likeness (QED) is 0.220. The third kappa shape index (κ3) is 11.0. The molecule has 0 unspecified atom stereocenters. The average Bonchev–Trinajstić information content (AvgIpc) is 2.65. The van der Waals surface area contributed by atoms with Gasteiger partial charge in [0.15, 0.2) is 5.78 Å². The number of hydrogen-bond donors (Lipinski definition) is 1. The Balaban J connectivity index is 1.92. The maximum Gasteiger partial charge on any atom is 0.166 e. The molecule has 0 aromatic heterocycles. The lowest BCUT2D eigenvalue weighted by Gasteiger charge is -2.03. The summed E-state index contributed by atoms with van der Waals surface area (Å²) in [5.41, 5.74) is 0.452. The Morgan fingerprint density at radius 2 is 1.35 bits per heavy atom. The maximum absolute atomic E-state index is 12.0. The van der Waals surface area contributed by atoms with Crippen LogP contribution in [0.25, 0.3) is 0 Å². The highest BCUT2D eigenvalue weighted by Crippen LogP contribution is 2.19. The highest BCUT2D eigenvalue weighted by atomic mass is 16.3. The van der Waals surface area contributed by atoms with E-state index in [4.69, 9.17) is 0 Å². The van der Waals surface area contributed by atoms with Crippen LogP contribution in [0.15, 0.2) is 24.3 Å². The predicted octanol–water partition coefficient (Wildman–Crippen LogP) is 7.06. The Bertz CT molecular complexity index is 551. The van der Waals surface area contributed by atoms with E-state index >= 15 is 0 Å². The largest absolute Gasteiger partial charge is 0.507 e. The molecule has 0 aliphatic rings. The number of aromatic hydroxyl groups is 1. The van der Waals surface area contributed by atoms with Gasteiger partial charge in [0.1, 0.15) is 5.75 Å². The highest BCUT2D eigenvalue weighted by Gasteiger charge is 2.09. The smallest absolute Gasteiger partial charge is 0.166 e. The number of phenols is 1. The van der Waals surface area contributed by atoms with Crippen molar-refractivity contribution in [3.8, 4) is 17.6 Å². The SMILES string of the molecule is CCCCCCCCC#CCCCCCCCC(=O)c1ccccc1O. The van der Waals surface area contributed by atoms with Crippen LogP contribution in [-0.4, -0.2) is 10.9 Å². The lowest BCUT2D eigenvalue weighted by molar-refractivity contribution is 0.0976. The van der Waals surface area contributed by atoms with Gasteiger partial charge in [-0.15, -0.1) is 11.8 Å². The van der Waals surface area contributed by atoms with Crippen LogP contribution in [-0.2, 0) is 0 Å². The zero-order valence-corrected chi connectivity index (χ0v) is 16.6. The molecule has 1 aromatic rings. The molecule has 1 N–H and O–H groups in total. The number of rotatable bonds is 14. The fourth-order valence-corrected chi connectivity index (χ4v) is 3.04. The van der Waals surface area contributed by atoms with Gasteiger partial charge in [0.2, 0.25) is 0 Å². The molecule has 144 valence electrons. The molecule has 0 saturated carbocycles. The Morgan fingerprint density at radius 1 is 0.808 bits per heavy atom. The van der Waals surface area contributed by atoms with E-state index in [2.05, 4.69) is 18.8 Å². The molecule has 2 heteroatoms. The lowest BCUT2D eigenvalue weighted by Crippen LogP contribution is -1.99. The third-order valence-electron chi connectivity index (χ3n) is 4.69. The number of benzene rings is 1. The molecule has 0 saturated heterocycles. The molecule has 0 radical (unpaired) electrons. The third-order valence-corrected chi connectivity index (χ3v) is 4.69. The average molecular weight is 357 g/mol. The van der Waals surface area contributed by atoms with E-state index in [1.807, 2.05) is 0 Å². The number of phenolic OH excluding ortho intramolecular Hbond substituents is 1. The van der Waals surface area contributed by atoms with Gasteiger partial charge in [-0.1, -0.05) is 70.4 Å². The van der Waals surface area contributed by atoms with Gasteiger partial charge >= 0.3 is 0 Å². The fourth-order valence-electron chi connectivity index (χ4n) is 3.04. The molecule has 26 heavy (non-hydrogen) atoms. The zero-order chi connectivity index (χ0) is 18.9. The van der Waals surface area contributed by atoms with Gasteiger partial charge in [0.05, 0.1) is 5.56 Å². The molecule has 2 nitrogen and oxygen atoms in total. The van der Waals surface area contributed by atoms with E-state index in [1.54, 1.807) is 24.3 Å². The van der Waals surface area contributed by atoms with Crippen molar-refractivity contribution >= 4 is 5.78 Å². The minimum absolute atomic E-state index is 0.0451. The normalized spacial score (nSPS) is 10.3. The summed E-state index contributed by atoms with van der Waals surface area (Å²) in [7, 11) is 0. The summed E-state index contributed by atoms with van der Waals surface area (Å²) < 4.78 is 0. The molecule has 0 amide bonds. The summed E-state index contributed by atoms with van der Waals surface area (Å²) in [6.07, 6.45) is 16.1. The minimum atomic E-state index is 0.0451. The molecule has 0 bridgehead atoms. The summed E-state index contributed by atoms with van der Waals surface area (Å²) in [5.74, 6) is 6.73. The molecule has 0 aliphatic carbocycles. The Kier molecular flexibility index (Phi) is 13.3. The number of unbranched alkanes of at least 4 members (excludes halogenated alkanes) is 11. The van der Waals surface area contributed by atoms with Crippen molar-refractivity contribution in [2.24, 2.45) is 0 Å². The number of carbonyl (C=O) groups is 1. The number of ketones is 1. The van der Waals surface area contributed by atoms with Crippen molar-refractivity contribution in [1.29, 1.82) is 0 Å². The van der Waals surface area contributed by atoms with Crippen molar-refractivity contribution in [2.45, 2.75) is 96.8 Å². The van der Waals surface area contributed by atoms with Crippen LogP contribution in [0.1, 0.15) is 107 Å². The van der Waals surface area contributed by atoms with E-state index in [-0.39, 0.29) is 11.5 Å². The molecule has 1 aromatic carbocycles. The number of hydrogen-bond acceptors (Lipinski definition) is 2. The van der Waals surface area contributed by atoms with Crippen LogP contribution >= 0.6 is 0 Å². The summed E-state index contributed by atoms with van der Waals surface area (Å²) in [5, 5.41) is 9.67. The topological polar surface area (TPSA) is 37.3 Å². The van der Waals surface area contributed by atoms with E-state index in [9.17, 15) is 9.90 Å². The Morgan fingerprint density at radius 3 is 1.96 bits per heavy atom. The van der Waals surface area contributed by atoms with Crippen LogP contribution < -0.4 is 0 Å². The van der Waals surface area contributed by atoms with Crippen LogP contribution in [0.2, 0.25) is 0 Å². The van der Waals surface area contributed by atoms with Crippen LogP contribution in [0.5, 0.6) is 5.75 Å². The van der Waals surface area contributed by atoms with Crippen LogP contribution in [0.3, 0.4) is 0 Å². The first-order valence-corrected chi connectivity index (χ1v) is 10.5. The zero-order valence-electron chi connectivity index (χ0n) is 16.6. The molecule has 0 spiro atoms. The summed E-state index contributed by atoms with van der Waals surface area (Å²) >= 11 is 0. The molecule has 0 aliphatic heterocycles. The fraction of sp³-hybridized carbons (Fsp3) is 0.625. The van der Waals surface area contributed by atoms with Gasteiger partial charge in [0, 0.05) is 19.3 Å². The second-order valence-corrected chi connectivity index (χ2v) is 7.08. The second-order valence-electron chi connectivity index (χ2n) is 7.08. The predicted molar refractivity (Wildman–Crippen MR) is 111 cm³/mol. The van der Waals surface area contributed by atoms with Gasteiger partial charge in [-0.25, -0.2) is 0 Å². The van der Waals surface area contributed by atoms with Crippen molar-refractivity contribution in [3.05, 3.63) is 29.8 Å². The van der Waals surface area contributed by atoms with E-state index < -0.39 is 0 Å². The summed E-state index contributed by atoms with van der Waals surface area (Å²) in [6.45, 7) is 2.25. The molecular weight excluding hydrogens is 320 g/mol. The molecular formula is C24H36O2. The van der Waals surface area contributed by atoms with Crippen LogP contribution in [0, 0.1) is 11.8 Å². The standard InChI is InChI=1S/C24H36O2/c1-2-3-4-5-6-7-8-9-10-11-12-13-14-15-16-20-23(25)22-19-17-18-21-24(22)26/h17-19,21,26H,2-8,11-16,20H2,1H3. The van der Waals surface area contributed by atoms with Crippen molar-refractivity contribution in [1.82, 2.24) is 0 Å². The lowest BCUT2D eigenvalue weighted by atomic mass is 10.0. The maximum atomic E-state index is 12.0.